The Morgan fingerprint density at radius 2 is 1.89 bits per heavy atom. The van der Waals surface area contributed by atoms with E-state index in [0.29, 0.717) is 18.3 Å². The summed E-state index contributed by atoms with van der Waals surface area (Å²) in [7, 11) is 0. The summed E-state index contributed by atoms with van der Waals surface area (Å²) < 4.78 is 5.54. The maximum absolute atomic E-state index is 12.8. The summed E-state index contributed by atoms with van der Waals surface area (Å²) in [5.74, 6) is 1.05. The molecule has 0 spiro atoms. The van der Waals surface area contributed by atoms with Gasteiger partial charge in [-0.25, -0.2) is 4.79 Å². The number of anilines is 1. The number of nitrogens with one attached hydrogen (secondary N) is 1. The summed E-state index contributed by atoms with van der Waals surface area (Å²) >= 11 is 0. The molecule has 0 saturated carbocycles. The first-order valence-electron chi connectivity index (χ1n) is 9.24. The molecule has 2 aromatic carbocycles. The van der Waals surface area contributed by atoms with Crippen LogP contribution in [0.15, 0.2) is 59.1 Å². The molecule has 4 rings (SSSR count). The van der Waals surface area contributed by atoms with Crippen molar-refractivity contribution in [3.05, 3.63) is 66.1 Å². The van der Waals surface area contributed by atoms with Gasteiger partial charge in [0.05, 0.1) is 0 Å². The van der Waals surface area contributed by atoms with Crippen LogP contribution in [-0.4, -0.2) is 27.6 Å². The van der Waals surface area contributed by atoms with E-state index in [4.69, 9.17) is 4.52 Å². The Balaban J connectivity index is 1.54. The summed E-state index contributed by atoms with van der Waals surface area (Å²) in [4.78, 5) is 19.2. The number of rotatable bonds is 3. The molecule has 27 heavy (non-hydrogen) atoms. The van der Waals surface area contributed by atoms with E-state index in [9.17, 15) is 4.79 Å². The lowest BCUT2D eigenvalue weighted by molar-refractivity contribution is 0.142. The van der Waals surface area contributed by atoms with Gasteiger partial charge >= 0.3 is 6.03 Å². The highest BCUT2D eigenvalue weighted by Crippen LogP contribution is 2.31. The number of carbonyl (C=O) groups excluding carboxylic acids is 1. The van der Waals surface area contributed by atoms with E-state index in [1.807, 2.05) is 61.5 Å². The van der Waals surface area contributed by atoms with Crippen LogP contribution < -0.4 is 5.32 Å². The number of piperidine rings is 1. The van der Waals surface area contributed by atoms with E-state index in [-0.39, 0.29) is 12.1 Å². The summed E-state index contributed by atoms with van der Waals surface area (Å²) in [5.41, 5.74) is 2.86. The van der Waals surface area contributed by atoms with Crippen molar-refractivity contribution in [1.82, 2.24) is 15.0 Å². The molecule has 3 aromatic rings. The van der Waals surface area contributed by atoms with Crippen LogP contribution in [0.4, 0.5) is 10.5 Å². The maximum Gasteiger partial charge on any atom is 0.322 e. The minimum Gasteiger partial charge on any atom is -0.337 e. The van der Waals surface area contributed by atoms with Crippen molar-refractivity contribution in [3.8, 4) is 11.4 Å². The first-order valence-corrected chi connectivity index (χ1v) is 9.24. The normalized spacial score (nSPS) is 16.9. The third kappa shape index (κ3) is 3.84. The monoisotopic (exact) mass is 362 g/mol. The third-order valence-electron chi connectivity index (χ3n) is 4.83. The van der Waals surface area contributed by atoms with E-state index in [2.05, 4.69) is 15.5 Å². The topological polar surface area (TPSA) is 71.3 Å². The highest BCUT2D eigenvalue weighted by molar-refractivity contribution is 5.89. The second-order valence-electron chi connectivity index (χ2n) is 6.82. The number of likely N-dealkylation sites (tertiary alicyclic amines) is 1. The van der Waals surface area contributed by atoms with Crippen LogP contribution in [0.1, 0.15) is 36.8 Å². The molecule has 1 aromatic heterocycles. The molecule has 138 valence electrons. The maximum atomic E-state index is 12.8. The van der Waals surface area contributed by atoms with Gasteiger partial charge in [-0.3, -0.25) is 0 Å². The molecular formula is C21H22N4O2. The lowest BCUT2D eigenvalue weighted by Gasteiger charge is -2.33. The number of para-hydroxylation sites is 1. The van der Waals surface area contributed by atoms with Crippen LogP contribution in [0.5, 0.6) is 0 Å². The molecule has 1 saturated heterocycles. The number of nitrogens with zero attached hydrogens (tertiary/aromatic N) is 3. The van der Waals surface area contributed by atoms with Gasteiger partial charge in [-0.1, -0.05) is 53.2 Å². The van der Waals surface area contributed by atoms with Crippen LogP contribution >= 0.6 is 0 Å². The van der Waals surface area contributed by atoms with E-state index in [0.717, 1.165) is 30.5 Å². The second-order valence-corrected chi connectivity index (χ2v) is 6.82. The minimum atomic E-state index is -0.200. The van der Waals surface area contributed by atoms with Gasteiger partial charge in [-0.2, -0.15) is 4.98 Å². The van der Waals surface area contributed by atoms with Crippen molar-refractivity contribution >= 4 is 11.7 Å². The van der Waals surface area contributed by atoms with Crippen molar-refractivity contribution in [2.45, 2.75) is 32.2 Å². The fourth-order valence-corrected chi connectivity index (χ4v) is 3.34. The molecule has 6 nitrogen and oxygen atoms in total. The van der Waals surface area contributed by atoms with Crippen molar-refractivity contribution in [2.24, 2.45) is 0 Å². The summed E-state index contributed by atoms with van der Waals surface area (Å²) in [6.45, 7) is 2.71. The molecule has 1 aliphatic heterocycles. The number of benzene rings is 2. The first-order chi connectivity index (χ1) is 13.2. The Hall–Kier alpha value is -3.15. The molecule has 0 aliphatic carbocycles. The van der Waals surface area contributed by atoms with E-state index >= 15 is 0 Å². The van der Waals surface area contributed by atoms with Gasteiger partial charge in [0.2, 0.25) is 11.7 Å². The van der Waals surface area contributed by atoms with Gasteiger partial charge in [0.1, 0.15) is 6.04 Å². The Bertz CT molecular complexity index is 905. The fraction of sp³-hybridized carbons (Fsp3) is 0.286. The Morgan fingerprint density at radius 3 is 2.67 bits per heavy atom. The largest absolute Gasteiger partial charge is 0.337 e. The average Bonchev–Trinajstić information content (AvgIpc) is 3.19. The predicted molar refractivity (Wildman–Crippen MR) is 103 cm³/mol. The number of carbonyl (C=O) groups is 1. The molecule has 1 atom stereocenters. The quantitative estimate of drug-likeness (QED) is 0.726. The smallest absolute Gasteiger partial charge is 0.322 e. The van der Waals surface area contributed by atoms with Crippen LogP contribution in [0, 0.1) is 6.92 Å². The third-order valence-corrected chi connectivity index (χ3v) is 4.83. The van der Waals surface area contributed by atoms with Crippen LogP contribution in [0.2, 0.25) is 0 Å². The number of aromatic nitrogens is 2. The van der Waals surface area contributed by atoms with Crippen LogP contribution in [0.25, 0.3) is 11.4 Å². The molecule has 2 heterocycles. The van der Waals surface area contributed by atoms with Gasteiger partial charge in [0, 0.05) is 17.8 Å². The average molecular weight is 362 g/mol. The minimum absolute atomic E-state index is 0.138. The van der Waals surface area contributed by atoms with E-state index in [1.54, 1.807) is 4.90 Å². The van der Waals surface area contributed by atoms with Crippen molar-refractivity contribution < 1.29 is 9.32 Å². The molecule has 6 heteroatoms. The molecule has 0 unspecified atom stereocenters. The summed E-state index contributed by atoms with van der Waals surface area (Å²) in [6, 6.07) is 17.1. The zero-order chi connectivity index (χ0) is 18.6. The SMILES string of the molecule is Cc1ccc(-c2noc([C@@H]3CCCCN3C(=O)Nc3ccccc3)n2)cc1. The van der Waals surface area contributed by atoms with Gasteiger partial charge in [-0.05, 0) is 38.3 Å². The van der Waals surface area contributed by atoms with Crippen LogP contribution in [-0.2, 0) is 0 Å². The lowest BCUT2D eigenvalue weighted by Crippen LogP contribution is -2.41. The van der Waals surface area contributed by atoms with Crippen LogP contribution in [0.3, 0.4) is 0 Å². The number of hydrogen-bond donors (Lipinski definition) is 1. The number of hydrogen-bond acceptors (Lipinski definition) is 4. The Labute approximate surface area is 158 Å². The summed E-state index contributed by atoms with van der Waals surface area (Å²) in [5, 5.41) is 7.08. The molecule has 1 aliphatic rings. The van der Waals surface area contributed by atoms with Crippen molar-refractivity contribution in [2.75, 3.05) is 11.9 Å². The highest BCUT2D eigenvalue weighted by atomic mass is 16.5. The van der Waals surface area contributed by atoms with E-state index in [1.165, 1.54) is 5.56 Å². The number of aryl methyl sites for hydroxylation is 1. The molecular weight excluding hydrogens is 340 g/mol. The Kier molecular flexibility index (Phi) is 4.87. The second kappa shape index (κ2) is 7.61. The molecule has 1 N–H and O–H groups in total. The first kappa shape index (κ1) is 17.3. The van der Waals surface area contributed by atoms with E-state index < -0.39 is 0 Å². The Morgan fingerprint density at radius 1 is 1.11 bits per heavy atom. The predicted octanol–water partition coefficient (Wildman–Crippen LogP) is 4.80. The number of amides is 2. The standard InChI is InChI=1S/C21H22N4O2/c1-15-10-12-16(13-11-15)19-23-20(27-24-19)18-9-5-6-14-25(18)21(26)22-17-7-3-2-4-8-17/h2-4,7-8,10-13,18H,5-6,9,14H2,1H3,(H,22,26)/t18-/m0/s1. The van der Waals surface area contributed by atoms with Crippen molar-refractivity contribution in [3.63, 3.8) is 0 Å². The van der Waals surface area contributed by atoms with Gasteiger partial charge < -0.3 is 14.7 Å². The molecule has 0 radical (unpaired) electrons. The molecule has 1 fully saturated rings. The molecule has 0 bridgehead atoms. The fourth-order valence-electron chi connectivity index (χ4n) is 3.34. The highest BCUT2D eigenvalue weighted by Gasteiger charge is 2.32. The van der Waals surface area contributed by atoms with Gasteiger partial charge in [-0.15, -0.1) is 0 Å². The number of urea groups is 1. The van der Waals surface area contributed by atoms with Crippen molar-refractivity contribution in [1.29, 1.82) is 0 Å². The zero-order valence-corrected chi connectivity index (χ0v) is 15.3. The lowest BCUT2D eigenvalue weighted by atomic mass is 10.0. The molecule has 2 amide bonds. The van der Waals surface area contributed by atoms with Gasteiger partial charge in [0.15, 0.2) is 0 Å². The zero-order valence-electron chi connectivity index (χ0n) is 15.3. The summed E-state index contributed by atoms with van der Waals surface area (Å²) in [6.07, 6.45) is 2.82. The van der Waals surface area contributed by atoms with Gasteiger partial charge in [0.25, 0.3) is 0 Å².